The Balaban J connectivity index is 2.24. The molecule has 0 saturated heterocycles. The van der Waals surface area contributed by atoms with Crippen molar-refractivity contribution in [2.45, 2.75) is 0 Å². The fraction of sp³-hybridized carbons (Fsp3) is 0.167. The van der Waals surface area contributed by atoms with Gasteiger partial charge in [0.05, 0.1) is 16.8 Å². The number of hydrogen-bond donors (Lipinski definition) is 1. The zero-order valence-corrected chi connectivity index (χ0v) is 11.9. The fourth-order valence-electron chi connectivity index (χ4n) is 1.90. The average Bonchev–Trinajstić information content (AvgIpc) is 2.92. The minimum absolute atomic E-state index is 0.129. The van der Waals surface area contributed by atoms with Gasteiger partial charge >= 0.3 is 0 Å². The molecule has 0 aliphatic rings. The molecule has 0 aliphatic heterocycles. The van der Waals surface area contributed by atoms with Gasteiger partial charge in [0.15, 0.2) is 0 Å². The molecule has 8 nitrogen and oxygen atoms in total. The number of nitro groups is 1. The van der Waals surface area contributed by atoms with Crippen molar-refractivity contribution in [3.8, 4) is 0 Å². The van der Waals surface area contributed by atoms with Gasteiger partial charge in [0.1, 0.15) is 11.4 Å². The number of rotatable bonds is 4. The number of amides is 1. The molecule has 0 atom stereocenters. The minimum atomic E-state index is -0.646. The second kappa shape index (κ2) is 5.41. The Morgan fingerprint density at radius 3 is 2.29 bits per heavy atom. The van der Waals surface area contributed by atoms with E-state index >= 15 is 0 Å². The van der Waals surface area contributed by atoms with Crippen molar-refractivity contribution in [3.05, 3.63) is 46.0 Å². The lowest BCUT2D eigenvalue weighted by Crippen LogP contribution is -2.14. The summed E-state index contributed by atoms with van der Waals surface area (Å²) in [6.07, 6.45) is 2.76. The Bertz CT molecular complexity index is 747. The molecule has 0 bridgehead atoms. The van der Waals surface area contributed by atoms with E-state index in [0.29, 0.717) is 5.69 Å². The smallest absolute Gasteiger partial charge is 0.287 e. The zero-order chi connectivity index (χ0) is 15.7. The molecule has 110 valence electrons. The van der Waals surface area contributed by atoms with Gasteiger partial charge in [0, 0.05) is 26.4 Å². The van der Waals surface area contributed by atoms with Crippen molar-refractivity contribution < 1.29 is 14.5 Å². The molecule has 9 heteroatoms. The summed E-state index contributed by atoms with van der Waals surface area (Å²) in [6.45, 7) is 0. The van der Waals surface area contributed by atoms with Crippen LogP contribution < -0.4 is 5.32 Å². The summed E-state index contributed by atoms with van der Waals surface area (Å²) in [4.78, 5) is 33.3. The van der Waals surface area contributed by atoms with E-state index in [2.05, 4.69) is 5.32 Å². The molecular formula is C12H11ClN4O4. The Morgan fingerprint density at radius 2 is 1.81 bits per heavy atom. The Hall–Kier alpha value is -2.61. The maximum Gasteiger partial charge on any atom is 0.287 e. The van der Waals surface area contributed by atoms with Gasteiger partial charge in [-0.2, -0.15) is 0 Å². The van der Waals surface area contributed by atoms with Crippen LogP contribution in [0.2, 0.25) is 0 Å². The third kappa shape index (κ3) is 2.95. The molecule has 0 aromatic carbocycles. The third-order valence-electron chi connectivity index (χ3n) is 2.90. The SMILES string of the molecule is Cn1cc(NC(=O)c2cc([N+](=O)[O-])cn2C)cc1C(=O)Cl. The third-order valence-corrected chi connectivity index (χ3v) is 3.09. The molecule has 0 saturated carbocycles. The predicted molar refractivity (Wildman–Crippen MR) is 75.6 cm³/mol. The van der Waals surface area contributed by atoms with Gasteiger partial charge in [-0.3, -0.25) is 19.7 Å². The van der Waals surface area contributed by atoms with Crippen LogP contribution >= 0.6 is 11.6 Å². The Kier molecular flexibility index (Phi) is 3.81. The number of carbonyl (C=O) groups is 2. The van der Waals surface area contributed by atoms with Crippen LogP contribution in [-0.4, -0.2) is 25.2 Å². The lowest BCUT2D eigenvalue weighted by atomic mass is 10.3. The van der Waals surface area contributed by atoms with Crippen molar-refractivity contribution in [3.63, 3.8) is 0 Å². The monoisotopic (exact) mass is 310 g/mol. The van der Waals surface area contributed by atoms with Crippen molar-refractivity contribution in [2.24, 2.45) is 14.1 Å². The molecule has 1 amide bonds. The molecule has 21 heavy (non-hydrogen) atoms. The molecule has 2 heterocycles. The Morgan fingerprint density at radius 1 is 1.19 bits per heavy atom. The molecule has 0 radical (unpaired) electrons. The minimum Gasteiger partial charge on any atom is -0.345 e. The molecule has 2 aromatic heterocycles. The number of hydrogen-bond acceptors (Lipinski definition) is 4. The van der Waals surface area contributed by atoms with E-state index < -0.39 is 16.1 Å². The van der Waals surface area contributed by atoms with Crippen LogP contribution in [0, 0.1) is 10.1 Å². The highest BCUT2D eigenvalue weighted by atomic mass is 35.5. The summed E-state index contributed by atoms with van der Waals surface area (Å²) in [7, 11) is 3.14. The maximum atomic E-state index is 12.1. The van der Waals surface area contributed by atoms with Crippen LogP contribution in [0.1, 0.15) is 21.0 Å². The molecular weight excluding hydrogens is 300 g/mol. The fourth-order valence-corrected chi connectivity index (χ4v) is 2.08. The number of aromatic nitrogens is 2. The van der Waals surface area contributed by atoms with E-state index in [1.807, 2.05) is 0 Å². The van der Waals surface area contributed by atoms with Crippen molar-refractivity contribution in [2.75, 3.05) is 5.32 Å². The van der Waals surface area contributed by atoms with E-state index in [4.69, 9.17) is 11.6 Å². The van der Waals surface area contributed by atoms with Crippen LogP contribution in [0.25, 0.3) is 0 Å². The standard InChI is InChI=1S/C12H11ClN4O4/c1-15-5-7(3-9(15)11(13)18)14-12(19)10-4-8(17(20)21)6-16(10)2/h3-6H,1-2H3,(H,14,19). The number of nitrogens with one attached hydrogen (secondary N) is 1. The first kappa shape index (κ1) is 14.8. The number of carbonyl (C=O) groups excluding carboxylic acids is 2. The quantitative estimate of drug-likeness (QED) is 0.529. The van der Waals surface area contributed by atoms with Crippen LogP contribution in [-0.2, 0) is 14.1 Å². The summed E-state index contributed by atoms with van der Waals surface area (Å²) >= 11 is 5.39. The number of anilines is 1. The Labute approximate surface area is 124 Å². The van der Waals surface area contributed by atoms with Crippen molar-refractivity contribution in [1.82, 2.24) is 9.13 Å². The molecule has 0 spiro atoms. The number of nitrogens with zero attached hydrogens (tertiary/aromatic N) is 3. The molecule has 0 aliphatic carbocycles. The van der Waals surface area contributed by atoms with Crippen LogP contribution in [0.15, 0.2) is 24.5 Å². The van der Waals surface area contributed by atoms with E-state index in [9.17, 15) is 19.7 Å². The van der Waals surface area contributed by atoms with E-state index in [1.54, 1.807) is 7.05 Å². The molecule has 1 N–H and O–H groups in total. The molecule has 2 rings (SSSR count). The van der Waals surface area contributed by atoms with Crippen LogP contribution in [0.3, 0.4) is 0 Å². The van der Waals surface area contributed by atoms with Crippen LogP contribution in [0.5, 0.6) is 0 Å². The zero-order valence-electron chi connectivity index (χ0n) is 11.2. The first-order chi connectivity index (χ1) is 9.79. The largest absolute Gasteiger partial charge is 0.345 e. The summed E-state index contributed by atoms with van der Waals surface area (Å²) in [5, 5.41) is 12.6. The second-order valence-corrected chi connectivity index (χ2v) is 4.75. The van der Waals surface area contributed by atoms with Gasteiger partial charge in [-0.1, -0.05) is 0 Å². The molecule has 0 unspecified atom stereocenters. The highest BCUT2D eigenvalue weighted by molar-refractivity contribution is 6.67. The van der Waals surface area contributed by atoms with Crippen molar-refractivity contribution >= 4 is 34.1 Å². The van der Waals surface area contributed by atoms with Gasteiger partial charge < -0.3 is 14.5 Å². The lowest BCUT2D eigenvalue weighted by Gasteiger charge is -2.02. The van der Waals surface area contributed by atoms with Crippen molar-refractivity contribution in [1.29, 1.82) is 0 Å². The normalized spacial score (nSPS) is 10.4. The highest BCUT2D eigenvalue weighted by Crippen LogP contribution is 2.19. The van der Waals surface area contributed by atoms with E-state index in [1.165, 1.54) is 40.7 Å². The molecule has 2 aromatic rings. The summed E-state index contributed by atoms with van der Waals surface area (Å²) in [6, 6.07) is 2.59. The number of aryl methyl sites for hydroxylation is 2. The topological polar surface area (TPSA) is 99.2 Å². The maximum absolute atomic E-state index is 12.1. The number of halogens is 1. The van der Waals surface area contributed by atoms with Gasteiger partial charge in [-0.05, 0) is 17.7 Å². The van der Waals surface area contributed by atoms with Gasteiger partial charge in [-0.15, -0.1) is 0 Å². The van der Waals surface area contributed by atoms with Gasteiger partial charge in [-0.25, -0.2) is 0 Å². The first-order valence-corrected chi connectivity index (χ1v) is 6.15. The van der Waals surface area contributed by atoms with E-state index in [0.717, 1.165) is 0 Å². The summed E-state index contributed by atoms with van der Waals surface area (Å²) in [5.74, 6) is -0.523. The summed E-state index contributed by atoms with van der Waals surface area (Å²) < 4.78 is 2.82. The van der Waals surface area contributed by atoms with Gasteiger partial charge in [0.2, 0.25) is 0 Å². The van der Waals surface area contributed by atoms with Gasteiger partial charge in [0.25, 0.3) is 16.8 Å². The first-order valence-electron chi connectivity index (χ1n) is 5.78. The average molecular weight is 311 g/mol. The highest BCUT2D eigenvalue weighted by Gasteiger charge is 2.18. The molecule has 0 fully saturated rings. The van der Waals surface area contributed by atoms with Crippen LogP contribution in [0.4, 0.5) is 11.4 Å². The summed E-state index contributed by atoms with van der Waals surface area (Å²) in [5.41, 5.74) is 0.553. The lowest BCUT2D eigenvalue weighted by molar-refractivity contribution is -0.384. The predicted octanol–water partition coefficient (Wildman–Crippen LogP) is 1.90. The second-order valence-electron chi connectivity index (χ2n) is 4.40. The van der Waals surface area contributed by atoms with E-state index in [-0.39, 0.29) is 17.1 Å².